The lowest BCUT2D eigenvalue weighted by atomic mass is 10.1. The van der Waals surface area contributed by atoms with Crippen LogP contribution in [0.2, 0.25) is 0 Å². The van der Waals surface area contributed by atoms with Crippen molar-refractivity contribution >= 4 is 16.0 Å². The van der Waals surface area contributed by atoms with Gasteiger partial charge < -0.3 is 0 Å². The number of rotatable bonds is 5. The summed E-state index contributed by atoms with van der Waals surface area (Å²) in [5.74, 6) is -2.93. The molecule has 148 valence electrons. The fraction of sp³-hybridized carbons (Fsp3) is 0.125. The largest absolute Gasteiger partial charge is 0.416 e. The molecule has 6 nitrogen and oxygen atoms in total. The van der Waals surface area contributed by atoms with E-state index >= 15 is 0 Å². The third-order valence-electron chi connectivity index (χ3n) is 3.56. The highest BCUT2D eigenvalue weighted by Gasteiger charge is 2.30. The summed E-state index contributed by atoms with van der Waals surface area (Å²) in [7, 11) is -4.28. The van der Waals surface area contributed by atoms with Crippen molar-refractivity contribution in [2.24, 2.45) is 0 Å². The number of aromatic nitrogens is 3. The number of sulfonamides is 1. The Morgan fingerprint density at radius 2 is 1.79 bits per heavy atom. The molecule has 0 radical (unpaired) electrons. The molecular weight excluding hydrogens is 407 g/mol. The van der Waals surface area contributed by atoms with Crippen LogP contribution in [0.15, 0.2) is 53.7 Å². The minimum Gasteiger partial charge on any atom is -0.246 e. The molecule has 1 N–H and O–H groups in total. The zero-order chi connectivity index (χ0) is 20.5. The van der Waals surface area contributed by atoms with E-state index in [4.69, 9.17) is 0 Å². The molecule has 0 saturated carbocycles. The van der Waals surface area contributed by atoms with Gasteiger partial charge in [0.2, 0.25) is 0 Å². The van der Waals surface area contributed by atoms with E-state index in [0.29, 0.717) is 12.1 Å². The summed E-state index contributed by atoms with van der Waals surface area (Å²) in [6.07, 6.45) is -3.38. The van der Waals surface area contributed by atoms with Crippen molar-refractivity contribution in [1.82, 2.24) is 14.8 Å². The second-order valence-corrected chi connectivity index (χ2v) is 7.33. The van der Waals surface area contributed by atoms with E-state index in [1.807, 2.05) is 4.72 Å². The zero-order valence-corrected chi connectivity index (χ0v) is 14.6. The van der Waals surface area contributed by atoms with Gasteiger partial charge in [-0.25, -0.2) is 26.6 Å². The van der Waals surface area contributed by atoms with E-state index in [1.165, 1.54) is 12.1 Å². The van der Waals surface area contributed by atoms with Crippen molar-refractivity contribution in [2.45, 2.75) is 17.6 Å². The van der Waals surface area contributed by atoms with Crippen LogP contribution in [0.25, 0.3) is 0 Å². The van der Waals surface area contributed by atoms with E-state index in [2.05, 4.69) is 10.1 Å². The maximum absolute atomic E-state index is 13.2. The Hall–Kier alpha value is -3.02. The van der Waals surface area contributed by atoms with Crippen LogP contribution in [0.5, 0.6) is 0 Å². The SMILES string of the molecule is O=S(=O)(Nc1ncn(Cc2cccc(C(F)(F)F)c2)n1)c1ccc(F)c(F)c1. The van der Waals surface area contributed by atoms with Gasteiger partial charge >= 0.3 is 6.18 Å². The third-order valence-corrected chi connectivity index (χ3v) is 4.89. The van der Waals surface area contributed by atoms with E-state index in [0.717, 1.165) is 29.2 Å². The maximum atomic E-state index is 13.2. The minimum absolute atomic E-state index is 0.0934. The highest BCUT2D eigenvalue weighted by molar-refractivity contribution is 7.92. The Kier molecular flexibility index (Phi) is 5.06. The topological polar surface area (TPSA) is 76.9 Å². The predicted octanol–water partition coefficient (Wildman–Crippen LogP) is 3.42. The average molecular weight is 418 g/mol. The maximum Gasteiger partial charge on any atom is 0.416 e. The van der Waals surface area contributed by atoms with Gasteiger partial charge in [-0.2, -0.15) is 18.2 Å². The van der Waals surface area contributed by atoms with Gasteiger partial charge in [0, 0.05) is 0 Å². The molecule has 1 aromatic heterocycles. The lowest BCUT2D eigenvalue weighted by molar-refractivity contribution is -0.137. The van der Waals surface area contributed by atoms with Crippen LogP contribution in [-0.2, 0) is 22.7 Å². The predicted molar refractivity (Wildman–Crippen MR) is 87.7 cm³/mol. The highest BCUT2D eigenvalue weighted by atomic mass is 32.2. The minimum atomic E-state index is -4.50. The van der Waals surface area contributed by atoms with Gasteiger partial charge in [-0.3, -0.25) is 0 Å². The van der Waals surface area contributed by atoms with Gasteiger partial charge in [-0.05, 0) is 35.9 Å². The lowest BCUT2D eigenvalue weighted by Gasteiger charge is -2.08. The van der Waals surface area contributed by atoms with Crippen LogP contribution >= 0.6 is 0 Å². The summed E-state index contributed by atoms with van der Waals surface area (Å²) < 4.78 is 91.9. The summed E-state index contributed by atoms with van der Waals surface area (Å²) in [6.45, 7) is -0.0934. The summed E-state index contributed by atoms with van der Waals surface area (Å²) in [6, 6.07) is 6.56. The molecule has 2 aromatic carbocycles. The number of nitrogens with one attached hydrogen (secondary N) is 1. The monoisotopic (exact) mass is 418 g/mol. The normalized spacial score (nSPS) is 12.2. The second kappa shape index (κ2) is 7.19. The first-order valence-electron chi connectivity index (χ1n) is 7.58. The molecule has 3 aromatic rings. The molecule has 0 spiro atoms. The van der Waals surface area contributed by atoms with Gasteiger partial charge in [0.05, 0.1) is 17.0 Å². The van der Waals surface area contributed by atoms with Crippen molar-refractivity contribution < 1.29 is 30.4 Å². The quantitative estimate of drug-likeness (QED) is 0.645. The number of alkyl halides is 3. The molecule has 0 aliphatic heterocycles. The van der Waals surface area contributed by atoms with Crippen LogP contribution in [0.1, 0.15) is 11.1 Å². The molecule has 0 bridgehead atoms. The van der Waals surface area contributed by atoms with E-state index < -0.39 is 38.3 Å². The van der Waals surface area contributed by atoms with Crippen molar-refractivity contribution in [1.29, 1.82) is 0 Å². The van der Waals surface area contributed by atoms with Gasteiger partial charge in [0.15, 0.2) is 11.6 Å². The number of anilines is 1. The molecule has 12 heteroatoms. The van der Waals surface area contributed by atoms with Gasteiger partial charge in [-0.1, -0.05) is 12.1 Å². The summed E-state index contributed by atoms with van der Waals surface area (Å²) in [5, 5.41) is 3.81. The molecule has 0 amide bonds. The van der Waals surface area contributed by atoms with Crippen LogP contribution in [-0.4, -0.2) is 23.2 Å². The van der Waals surface area contributed by atoms with Crippen LogP contribution in [0.4, 0.5) is 27.9 Å². The first-order valence-corrected chi connectivity index (χ1v) is 9.06. The smallest absolute Gasteiger partial charge is 0.246 e. The molecule has 0 saturated heterocycles. The number of hydrogen-bond donors (Lipinski definition) is 1. The number of halogens is 5. The van der Waals surface area contributed by atoms with Crippen LogP contribution in [0, 0.1) is 11.6 Å². The van der Waals surface area contributed by atoms with Crippen molar-refractivity contribution in [2.75, 3.05) is 4.72 Å². The number of hydrogen-bond acceptors (Lipinski definition) is 4. The van der Waals surface area contributed by atoms with Gasteiger partial charge in [-0.15, -0.1) is 5.10 Å². The standard InChI is InChI=1S/C16H11F5N4O2S/c17-13-5-4-12(7-14(13)18)28(26,27)24-15-22-9-25(23-15)8-10-2-1-3-11(6-10)16(19,20)21/h1-7,9H,8H2,(H,23,24). The first kappa shape index (κ1) is 19.7. The molecular formula is C16H11F5N4O2S. The van der Waals surface area contributed by atoms with Crippen LogP contribution in [0.3, 0.4) is 0 Å². The third kappa shape index (κ3) is 4.44. The fourth-order valence-electron chi connectivity index (χ4n) is 2.27. The molecule has 0 aliphatic carbocycles. The van der Waals surface area contributed by atoms with Crippen molar-refractivity contribution in [3.63, 3.8) is 0 Å². The van der Waals surface area contributed by atoms with Crippen molar-refractivity contribution in [3.05, 3.63) is 71.6 Å². The van der Waals surface area contributed by atoms with Crippen molar-refractivity contribution in [3.8, 4) is 0 Å². The Balaban J connectivity index is 1.76. The molecule has 1 heterocycles. The Bertz CT molecular complexity index is 1110. The van der Waals surface area contributed by atoms with E-state index in [1.54, 1.807) is 0 Å². The average Bonchev–Trinajstić information content (AvgIpc) is 3.03. The summed E-state index contributed by atoms with van der Waals surface area (Å²) >= 11 is 0. The molecule has 0 atom stereocenters. The van der Waals surface area contributed by atoms with Crippen LogP contribution < -0.4 is 4.72 Å². The molecule has 0 aliphatic rings. The fourth-order valence-corrected chi connectivity index (χ4v) is 3.23. The summed E-state index contributed by atoms with van der Waals surface area (Å²) in [4.78, 5) is 3.16. The molecule has 28 heavy (non-hydrogen) atoms. The van der Waals surface area contributed by atoms with E-state index in [-0.39, 0.29) is 18.1 Å². The zero-order valence-electron chi connectivity index (χ0n) is 13.8. The van der Waals surface area contributed by atoms with Gasteiger partial charge in [0.1, 0.15) is 6.33 Å². The molecule has 3 rings (SSSR count). The first-order chi connectivity index (χ1) is 13.0. The Morgan fingerprint density at radius 3 is 2.46 bits per heavy atom. The Morgan fingerprint density at radius 1 is 1.04 bits per heavy atom. The lowest BCUT2D eigenvalue weighted by Crippen LogP contribution is -2.15. The second-order valence-electron chi connectivity index (χ2n) is 5.65. The highest BCUT2D eigenvalue weighted by Crippen LogP contribution is 2.29. The number of benzene rings is 2. The molecule has 0 fully saturated rings. The van der Waals surface area contributed by atoms with E-state index in [9.17, 15) is 30.4 Å². The van der Waals surface area contributed by atoms with Gasteiger partial charge in [0.25, 0.3) is 16.0 Å². The molecule has 0 unspecified atom stereocenters. The Labute approximate surface area is 155 Å². The number of nitrogens with zero attached hydrogens (tertiary/aromatic N) is 3. The summed E-state index contributed by atoms with van der Waals surface area (Å²) in [5.41, 5.74) is -0.556.